The van der Waals surface area contributed by atoms with Crippen LogP contribution in [0, 0.1) is 0 Å². The Labute approximate surface area is 277 Å². The Morgan fingerprint density at radius 2 is 1.73 bits per heavy atom. The van der Waals surface area contributed by atoms with Gasteiger partial charge in [0.15, 0.2) is 36.5 Å². The second-order valence-electron chi connectivity index (χ2n) is 12.0. The summed E-state index contributed by atoms with van der Waals surface area (Å²) in [5.74, 6) is -7.04. The molecule has 16 N–H and O–H groups in total. The van der Waals surface area contributed by atoms with E-state index in [0.717, 1.165) is 0 Å². The van der Waals surface area contributed by atoms with Gasteiger partial charge < -0.3 is 92.4 Å². The molecule has 1 aliphatic carbocycles. The third-order valence-electron chi connectivity index (χ3n) is 8.99. The van der Waals surface area contributed by atoms with Crippen LogP contribution in [-0.4, -0.2) is 177 Å². The van der Waals surface area contributed by atoms with Gasteiger partial charge in [-0.3, -0.25) is 19.4 Å². The molecule has 16 atom stereocenters. The summed E-state index contributed by atoms with van der Waals surface area (Å²) in [5, 5.41) is 79.6. The number of aldehydes is 1. The summed E-state index contributed by atoms with van der Waals surface area (Å²) in [6, 6.07) is -4.80. The molecule has 0 aromatic carbocycles. The highest BCUT2D eigenvalue weighted by Gasteiger charge is 2.77. The lowest BCUT2D eigenvalue weighted by atomic mass is 9.75. The molecule has 278 valence electrons. The Kier molecular flexibility index (Phi) is 11.5. The van der Waals surface area contributed by atoms with Crippen LogP contribution < -0.4 is 28.3 Å². The normalized spacial score (nSPS) is 47.7. The Hall–Kier alpha value is -3.17. The maximum atomic E-state index is 13.4. The average molecular weight is 710 g/mol. The maximum Gasteiger partial charge on any atom is 0.325 e. The molecule has 49 heavy (non-hydrogen) atoms. The molecule has 3 saturated heterocycles. The van der Waals surface area contributed by atoms with Crippen molar-refractivity contribution in [1.29, 1.82) is 0 Å². The number of carbonyl (C=O) groups is 3. The van der Waals surface area contributed by atoms with E-state index in [1.54, 1.807) is 0 Å². The first-order valence-electron chi connectivity index (χ1n) is 15.0. The Morgan fingerprint density at radius 1 is 1.06 bits per heavy atom. The first kappa shape index (κ1) is 38.6. The number of hydrogen-bond donors (Lipinski definition) is 12. The van der Waals surface area contributed by atoms with Gasteiger partial charge in [0.05, 0.1) is 25.1 Å². The largest absolute Gasteiger partial charge is 0.426 e. The minimum atomic E-state index is -3.45. The van der Waals surface area contributed by atoms with Crippen LogP contribution in [0.4, 0.5) is 0 Å². The smallest absolute Gasteiger partial charge is 0.325 e. The van der Waals surface area contributed by atoms with Crippen molar-refractivity contribution in [3.8, 4) is 0 Å². The van der Waals surface area contributed by atoms with Gasteiger partial charge in [-0.05, 0) is 20.4 Å². The number of nitrogens with one attached hydrogen (secondary N) is 1. The molecule has 4 rings (SSSR count). The number of aliphatic hydroxyl groups is 7. The summed E-state index contributed by atoms with van der Waals surface area (Å²) < 4.78 is 34.4. The number of fused-ring (bicyclic) bond motifs is 1. The number of aliphatic hydroxyl groups excluding tert-OH is 6. The topological polar surface area (TPSA) is 389 Å². The molecule has 0 radical (unpaired) electrons. The molecule has 4 aliphatic rings. The van der Waals surface area contributed by atoms with Crippen LogP contribution in [0.25, 0.3) is 0 Å². The zero-order valence-corrected chi connectivity index (χ0v) is 26.3. The minimum Gasteiger partial charge on any atom is -0.426 e. The molecule has 0 amide bonds. The van der Waals surface area contributed by atoms with Crippen molar-refractivity contribution in [3.63, 3.8) is 0 Å². The fourth-order valence-corrected chi connectivity index (χ4v) is 6.24. The average Bonchev–Trinajstić information content (AvgIpc) is 3.30. The summed E-state index contributed by atoms with van der Waals surface area (Å²) in [7, 11) is 1.34. The lowest BCUT2D eigenvalue weighted by Crippen LogP contribution is -2.81. The number of aliphatic imine (C=N–C) groups is 2. The number of hydrogen-bond acceptors (Lipinski definition) is 20. The molecule has 0 bridgehead atoms. The molecule has 1 saturated carbocycles. The van der Waals surface area contributed by atoms with E-state index in [4.69, 9.17) is 51.4 Å². The van der Waals surface area contributed by atoms with Crippen LogP contribution >= 0.6 is 0 Å². The standard InChI is InChI=1S/C26H43N7O16/c1-8-24(43,6-35)19(46-21-13(31-2)15(38)14(37)10(5-34)45-21)22(44-8)49-26-18(41)16(39)12(32-7-27)17(40)25(26,33-23(29)30)47-11(36)4-3-9(28)20(42)48-26/h6-10,12-19,21-22,31,34,37-41,43H,3-5,28H2,1-2H3,(H2,27,32)(H4,29,30,33)/t8-,9+,10-,12-,13?,14?,15?,16-,17+,18+,19?,21?,22?,24+,25+,26-/m0/s1. The van der Waals surface area contributed by atoms with E-state index in [1.165, 1.54) is 14.0 Å². The van der Waals surface area contributed by atoms with Gasteiger partial charge in [0, 0.05) is 6.42 Å². The molecule has 6 unspecified atom stereocenters. The van der Waals surface area contributed by atoms with Crippen LogP contribution in [-0.2, 0) is 42.8 Å². The molecule has 3 aliphatic heterocycles. The lowest BCUT2D eigenvalue weighted by molar-refractivity contribution is -0.422. The quantitative estimate of drug-likeness (QED) is 0.0457. The maximum absolute atomic E-state index is 13.4. The van der Waals surface area contributed by atoms with E-state index in [1.807, 2.05) is 0 Å². The number of rotatable bonds is 9. The van der Waals surface area contributed by atoms with Crippen LogP contribution in [0.1, 0.15) is 19.8 Å². The Bertz CT molecular complexity index is 1290. The highest BCUT2D eigenvalue weighted by Crippen LogP contribution is 2.50. The second-order valence-corrected chi connectivity index (χ2v) is 12.0. The SMILES string of the molecule is CNC1C(OC2C(O[C@]34OC(=O)[C@H](N)CCC(=O)O[C@]3(N=C(N)N)[C@H](O)[C@@H](N=CN)[C@H](O)[C@H]4O)O[C@@H](C)[C@]2(O)C=O)O[C@@H](CO)C(O)C1O. The van der Waals surface area contributed by atoms with Gasteiger partial charge in [-0.1, -0.05) is 0 Å². The van der Waals surface area contributed by atoms with Gasteiger partial charge in [0.1, 0.15) is 48.7 Å². The van der Waals surface area contributed by atoms with Gasteiger partial charge in [-0.25, -0.2) is 0 Å². The van der Waals surface area contributed by atoms with E-state index in [9.17, 15) is 50.1 Å². The fraction of sp³-hybridized carbons (Fsp3) is 0.808. The van der Waals surface area contributed by atoms with E-state index >= 15 is 0 Å². The summed E-state index contributed by atoms with van der Waals surface area (Å²) >= 11 is 0. The number of guanidine groups is 1. The van der Waals surface area contributed by atoms with Crippen molar-refractivity contribution in [2.24, 2.45) is 32.9 Å². The number of carbonyl (C=O) groups excluding carboxylic acids is 3. The molecule has 23 nitrogen and oxygen atoms in total. The third kappa shape index (κ3) is 6.46. The van der Waals surface area contributed by atoms with Gasteiger partial charge in [0.2, 0.25) is 0 Å². The number of likely N-dealkylation sites (N-methyl/N-ethyl adjacent to an activating group) is 1. The summed E-state index contributed by atoms with van der Waals surface area (Å²) in [4.78, 5) is 46.6. The van der Waals surface area contributed by atoms with E-state index in [2.05, 4.69) is 15.3 Å². The van der Waals surface area contributed by atoms with E-state index < -0.39 is 134 Å². The van der Waals surface area contributed by atoms with Crippen LogP contribution in [0.2, 0.25) is 0 Å². The van der Waals surface area contributed by atoms with Crippen LogP contribution in [0.15, 0.2) is 9.98 Å². The Balaban J connectivity index is 1.94. The molecule has 0 spiro atoms. The van der Waals surface area contributed by atoms with Crippen molar-refractivity contribution in [3.05, 3.63) is 0 Å². The molecular formula is C26H43N7O16. The van der Waals surface area contributed by atoms with Gasteiger partial charge in [-0.15, -0.1) is 0 Å². The van der Waals surface area contributed by atoms with Crippen molar-refractivity contribution < 1.29 is 78.6 Å². The summed E-state index contributed by atoms with van der Waals surface area (Å²) in [6.45, 7) is 0.365. The first-order chi connectivity index (χ1) is 23.0. The lowest BCUT2D eigenvalue weighted by Gasteiger charge is -2.55. The van der Waals surface area contributed by atoms with E-state index in [-0.39, 0.29) is 6.29 Å². The summed E-state index contributed by atoms with van der Waals surface area (Å²) in [6.07, 6.45) is -20.1. The predicted octanol–water partition coefficient (Wildman–Crippen LogP) is -8.58. The first-order valence-corrected chi connectivity index (χ1v) is 15.0. The molecule has 23 heteroatoms. The van der Waals surface area contributed by atoms with Gasteiger partial charge in [-0.2, -0.15) is 4.99 Å². The minimum absolute atomic E-state index is 0.00322. The predicted molar refractivity (Wildman–Crippen MR) is 157 cm³/mol. The third-order valence-corrected chi connectivity index (χ3v) is 8.99. The van der Waals surface area contributed by atoms with E-state index in [0.29, 0.717) is 6.34 Å². The summed E-state index contributed by atoms with van der Waals surface area (Å²) in [5.41, 5.74) is 16.7. The highest BCUT2D eigenvalue weighted by molar-refractivity contribution is 5.80. The number of esters is 2. The van der Waals surface area contributed by atoms with Gasteiger partial charge in [0.25, 0.3) is 0 Å². The zero-order chi connectivity index (χ0) is 36.6. The number of nitrogens with zero attached hydrogens (tertiary/aromatic N) is 2. The molecular weight excluding hydrogens is 666 g/mol. The van der Waals surface area contributed by atoms with Crippen molar-refractivity contribution in [1.82, 2.24) is 5.32 Å². The van der Waals surface area contributed by atoms with Crippen molar-refractivity contribution in [2.45, 2.75) is 116 Å². The fourth-order valence-electron chi connectivity index (χ4n) is 6.24. The molecule has 0 aromatic heterocycles. The number of ether oxygens (including phenoxy) is 6. The van der Waals surface area contributed by atoms with Gasteiger partial charge >= 0.3 is 23.5 Å². The highest BCUT2D eigenvalue weighted by atomic mass is 16.8. The molecule has 4 fully saturated rings. The second kappa shape index (κ2) is 14.6. The molecule has 3 heterocycles. The van der Waals surface area contributed by atoms with Crippen molar-refractivity contribution in [2.75, 3.05) is 13.7 Å². The monoisotopic (exact) mass is 709 g/mol. The zero-order valence-electron chi connectivity index (χ0n) is 26.3. The van der Waals surface area contributed by atoms with Crippen LogP contribution in [0.3, 0.4) is 0 Å². The number of nitrogens with two attached hydrogens (primary N) is 4. The Morgan fingerprint density at radius 3 is 2.31 bits per heavy atom. The van der Waals surface area contributed by atoms with Crippen molar-refractivity contribution >= 4 is 30.5 Å². The molecule has 0 aromatic rings. The van der Waals surface area contributed by atoms with Crippen LogP contribution in [0.5, 0.6) is 0 Å².